The molecule has 0 aliphatic carbocycles. The van der Waals surface area contributed by atoms with Gasteiger partial charge in [-0.25, -0.2) is 0 Å². The van der Waals surface area contributed by atoms with Gasteiger partial charge in [0.15, 0.2) is 6.23 Å². The van der Waals surface area contributed by atoms with E-state index in [1.165, 1.54) is 6.08 Å². The van der Waals surface area contributed by atoms with Crippen molar-refractivity contribution in [3.05, 3.63) is 17.6 Å². The van der Waals surface area contributed by atoms with Crippen molar-refractivity contribution in [3.8, 4) is 0 Å². The highest BCUT2D eigenvalue weighted by molar-refractivity contribution is 7.19. The second-order valence-electron chi connectivity index (χ2n) is 2.05. The molecule has 0 bridgehead atoms. The van der Waals surface area contributed by atoms with Gasteiger partial charge in [-0.1, -0.05) is 6.08 Å². The highest BCUT2D eigenvalue weighted by Gasteiger charge is 2.24. The van der Waals surface area contributed by atoms with E-state index in [4.69, 9.17) is 5.11 Å². The minimum Gasteiger partial charge on any atom is -0.368 e. The number of aliphatic hydroxyl groups excluding tert-OH is 1. The van der Waals surface area contributed by atoms with Gasteiger partial charge in [-0.3, -0.25) is 0 Å². The largest absolute Gasteiger partial charge is 0.368 e. The van der Waals surface area contributed by atoms with Crippen LogP contribution in [0.15, 0.2) is 17.8 Å². The topological polar surface area (TPSA) is 49.7 Å². The van der Waals surface area contributed by atoms with Crippen LogP contribution < -0.4 is 0 Å². The van der Waals surface area contributed by atoms with Gasteiger partial charge in [0.1, 0.15) is 0 Å². The number of nitrogens with zero attached hydrogens (tertiary/aromatic N) is 1. The standard InChI is InChI=1S/C5H10NO2P/c1-3-5(2,9)4(7)6-8/h3-4,7H,1,9H2,2H3/t4?,5-/m0/s1. The third kappa shape index (κ3) is 2.20. The van der Waals surface area contributed by atoms with E-state index in [1.54, 1.807) is 6.92 Å². The number of nitroso groups, excluding NO2 is 1. The van der Waals surface area contributed by atoms with Crippen molar-refractivity contribution in [1.29, 1.82) is 0 Å². The molecule has 0 saturated heterocycles. The molecule has 0 aromatic rings. The first-order valence-electron chi connectivity index (χ1n) is 2.47. The molecule has 0 rings (SSSR count). The number of rotatable bonds is 3. The summed E-state index contributed by atoms with van der Waals surface area (Å²) in [4.78, 5) is 9.75. The van der Waals surface area contributed by atoms with Crippen LogP contribution in [-0.2, 0) is 0 Å². The Bertz CT molecular complexity index is 124. The van der Waals surface area contributed by atoms with E-state index < -0.39 is 11.4 Å². The number of aliphatic hydroxyl groups is 1. The van der Waals surface area contributed by atoms with Crippen LogP contribution in [0.4, 0.5) is 0 Å². The molecule has 3 atom stereocenters. The molecular formula is C5H10NO2P. The summed E-state index contributed by atoms with van der Waals surface area (Å²) in [5, 5.41) is 10.6. The van der Waals surface area contributed by atoms with Gasteiger partial charge in [-0.2, -0.15) is 0 Å². The zero-order chi connectivity index (χ0) is 7.49. The number of hydrogen-bond acceptors (Lipinski definition) is 3. The van der Waals surface area contributed by atoms with E-state index in [-0.39, 0.29) is 0 Å². The molecule has 2 unspecified atom stereocenters. The first-order valence-corrected chi connectivity index (χ1v) is 3.05. The Morgan fingerprint density at radius 1 is 2.00 bits per heavy atom. The molecule has 0 heterocycles. The lowest BCUT2D eigenvalue weighted by atomic mass is 10.1. The summed E-state index contributed by atoms with van der Waals surface area (Å²) in [5.74, 6) is 0. The van der Waals surface area contributed by atoms with Crippen LogP contribution in [0.1, 0.15) is 6.92 Å². The van der Waals surface area contributed by atoms with Gasteiger partial charge in [0, 0.05) is 5.16 Å². The van der Waals surface area contributed by atoms with Crippen LogP contribution in [0.3, 0.4) is 0 Å². The molecule has 0 aromatic carbocycles. The van der Waals surface area contributed by atoms with Crippen molar-refractivity contribution in [1.82, 2.24) is 0 Å². The van der Waals surface area contributed by atoms with Crippen LogP contribution in [0.2, 0.25) is 0 Å². The van der Waals surface area contributed by atoms with Gasteiger partial charge in [0.05, 0.1) is 0 Å². The van der Waals surface area contributed by atoms with Crippen molar-refractivity contribution in [3.63, 3.8) is 0 Å². The molecule has 0 fully saturated rings. The maximum Gasteiger partial charge on any atom is 0.199 e. The summed E-state index contributed by atoms with van der Waals surface area (Å²) in [6.45, 7) is 5.07. The maximum absolute atomic E-state index is 9.75. The zero-order valence-corrected chi connectivity index (χ0v) is 6.40. The molecule has 0 aliphatic heterocycles. The Balaban J connectivity index is 4.11. The monoisotopic (exact) mass is 147 g/mol. The lowest BCUT2D eigenvalue weighted by Crippen LogP contribution is -2.28. The van der Waals surface area contributed by atoms with E-state index in [1.807, 2.05) is 0 Å². The van der Waals surface area contributed by atoms with Crippen molar-refractivity contribution < 1.29 is 5.11 Å². The Morgan fingerprint density at radius 2 is 2.44 bits per heavy atom. The van der Waals surface area contributed by atoms with Gasteiger partial charge in [-0.05, 0) is 12.1 Å². The smallest absolute Gasteiger partial charge is 0.199 e. The summed E-state index contributed by atoms with van der Waals surface area (Å²) in [7, 11) is 2.29. The summed E-state index contributed by atoms with van der Waals surface area (Å²) in [6, 6.07) is 0. The van der Waals surface area contributed by atoms with Crippen LogP contribution in [-0.4, -0.2) is 16.5 Å². The molecular weight excluding hydrogens is 137 g/mol. The second kappa shape index (κ2) is 3.04. The molecule has 0 aliphatic rings. The second-order valence-corrected chi connectivity index (χ2v) is 3.29. The predicted molar refractivity (Wildman–Crippen MR) is 40.1 cm³/mol. The highest BCUT2D eigenvalue weighted by Crippen LogP contribution is 2.23. The SMILES string of the molecule is C=C[C@](C)(P)C(O)N=O. The lowest BCUT2D eigenvalue weighted by molar-refractivity contribution is 0.160. The molecule has 0 spiro atoms. The Labute approximate surface area is 56.3 Å². The van der Waals surface area contributed by atoms with Crippen LogP contribution in [0.5, 0.6) is 0 Å². The lowest BCUT2D eigenvalue weighted by Gasteiger charge is -2.19. The molecule has 9 heavy (non-hydrogen) atoms. The molecule has 0 radical (unpaired) electrons. The van der Waals surface area contributed by atoms with Gasteiger partial charge in [0.2, 0.25) is 0 Å². The fraction of sp³-hybridized carbons (Fsp3) is 0.600. The third-order valence-electron chi connectivity index (χ3n) is 1.10. The molecule has 3 nitrogen and oxygen atoms in total. The van der Waals surface area contributed by atoms with E-state index in [0.29, 0.717) is 0 Å². The van der Waals surface area contributed by atoms with Crippen LogP contribution >= 0.6 is 9.24 Å². The van der Waals surface area contributed by atoms with Crippen LogP contribution in [0.25, 0.3) is 0 Å². The van der Waals surface area contributed by atoms with Crippen molar-refractivity contribution in [2.75, 3.05) is 0 Å². The highest BCUT2D eigenvalue weighted by atomic mass is 31.0. The van der Waals surface area contributed by atoms with Crippen molar-refractivity contribution >= 4 is 9.24 Å². The predicted octanol–water partition coefficient (Wildman–Crippen LogP) is 0.891. The molecule has 4 heteroatoms. The minimum atomic E-state index is -1.22. The average molecular weight is 147 g/mol. The fourth-order valence-electron chi connectivity index (χ4n) is 0.219. The Hall–Kier alpha value is -0.270. The van der Waals surface area contributed by atoms with E-state index in [0.717, 1.165) is 0 Å². The summed E-state index contributed by atoms with van der Waals surface area (Å²) in [5.41, 5.74) is 0. The van der Waals surface area contributed by atoms with Crippen molar-refractivity contribution in [2.45, 2.75) is 18.3 Å². The quantitative estimate of drug-likeness (QED) is 0.366. The first kappa shape index (κ1) is 8.73. The zero-order valence-electron chi connectivity index (χ0n) is 5.24. The molecule has 0 saturated carbocycles. The molecule has 0 amide bonds. The van der Waals surface area contributed by atoms with Crippen LogP contribution in [0, 0.1) is 4.91 Å². The summed E-state index contributed by atoms with van der Waals surface area (Å²) < 4.78 is 0. The average Bonchev–Trinajstić information content (AvgIpc) is 1.86. The van der Waals surface area contributed by atoms with E-state index in [9.17, 15) is 4.91 Å². The molecule has 1 N–H and O–H groups in total. The van der Waals surface area contributed by atoms with Crippen molar-refractivity contribution in [2.24, 2.45) is 5.18 Å². The van der Waals surface area contributed by atoms with Gasteiger partial charge in [-0.15, -0.1) is 20.7 Å². The normalized spacial score (nSPS) is 19.9. The molecule has 52 valence electrons. The minimum absolute atomic E-state index is 0.693. The van der Waals surface area contributed by atoms with Gasteiger partial charge < -0.3 is 5.11 Å². The Kier molecular flexibility index (Phi) is 2.95. The fourth-order valence-corrected chi connectivity index (χ4v) is 0.280. The van der Waals surface area contributed by atoms with E-state index >= 15 is 0 Å². The Morgan fingerprint density at radius 3 is 2.56 bits per heavy atom. The van der Waals surface area contributed by atoms with Gasteiger partial charge >= 0.3 is 0 Å². The molecule has 0 aromatic heterocycles. The first-order chi connectivity index (χ1) is 4.04. The van der Waals surface area contributed by atoms with Gasteiger partial charge in [0.25, 0.3) is 0 Å². The summed E-state index contributed by atoms with van der Waals surface area (Å²) >= 11 is 0. The maximum atomic E-state index is 9.75. The summed E-state index contributed by atoms with van der Waals surface area (Å²) in [6.07, 6.45) is 0.240. The number of hydrogen-bond donors (Lipinski definition) is 1. The van der Waals surface area contributed by atoms with E-state index in [2.05, 4.69) is 21.0 Å². The third-order valence-corrected chi connectivity index (χ3v) is 1.63.